The van der Waals surface area contributed by atoms with Gasteiger partial charge in [0.1, 0.15) is 11.5 Å². The third kappa shape index (κ3) is 12.0. The van der Waals surface area contributed by atoms with Crippen molar-refractivity contribution >= 4 is 32.7 Å². The van der Waals surface area contributed by atoms with Gasteiger partial charge in [-0.15, -0.1) is 12.6 Å². The number of nitrogens with zero attached hydrogens (tertiary/aromatic N) is 4. The number of carboxylic acids is 2. The van der Waals surface area contributed by atoms with Crippen LogP contribution in [0.15, 0.2) is 96.2 Å². The number of carboxylic acid groups (broad SMARTS) is 2. The number of rotatable bonds is 14. The van der Waals surface area contributed by atoms with Crippen molar-refractivity contribution in [2.75, 3.05) is 26.2 Å². The number of phenols is 2. The molecule has 16 nitrogen and oxygen atoms in total. The predicted molar refractivity (Wildman–Crippen MR) is 166 cm³/mol. The van der Waals surface area contributed by atoms with Crippen LogP contribution in [0.3, 0.4) is 0 Å². The molecule has 0 fully saturated rings. The number of aliphatic carboxylic acids is 2. The summed E-state index contributed by atoms with van der Waals surface area (Å²) in [6, 6.07) is 17.4. The molecule has 0 aliphatic heterocycles. The summed E-state index contributed by atoms with van der Waals surface area (Å²) in [7, 11) is -7.80. The van der Waals surface area contributed by atoms with Crippen LogP contribution < -0.4 is 0 Å². The first-order valence-corrected chi connectivity index (χ1v) is 16.2. The molecular weight excluding hydrogens is 727 g/mol. The number of para-hydroxylation sites is 1. The minimum atomic E-state index is -4.69. The van der Waals surface area contributed by atoms with Gasteiger partial charge < -0.3 is 20.4 Å². The van der Waals surface area contributed by atoms with Gasteiger partial charge in [0, 0.05) is 36.6 Å². The van der Waals surface area contributed by atoms with Crippen LogP contribution >= 0.6 is 0 Å². The summed E-state index contributed by atoms with van der Waals surface area (Å²) in [6.45, 7) is -1.36. The molecule has 0 aliphatic carbocycles. The van der Waals surface area contributed by atoms with E-state index in [-0.39, 0.29) is 52.9 Å². The Morgan fingerprint density at radius 2 is 1.12 bits per heavy atom. The zero-order chi connectivity index (χ0) is 35.4. The molecule has 2 aromatic heterocycles. The molecule has 4 aromatic rings. The van der Waals surface area contributed by atoms with E-state index in [0.29, 0.717) is 11.3 Å². The van der Waals surface area contributed by atoms with Crippen molar-refractivity contribution < 1.29 is 72.7 Å². The summed E-state index contributed by atoms with van der Waals surface area (Å²) in [4.78, 5) is 35.3. The fourth-order valence-corrected chi connectivity index (χ4v) is 5.51. The van der Waals surface area contributed by atoms with Gasteiger partial charge in [0.25, 0.3) is 10.1 Å². The van der Waals surface area contributed by atoms with Gasteiger partial charge in [-0.25, -0.2) is 0 Å². The molecule has 5 N–H and O–H groups in total. The number of hydrogen-bond donors (Lipinski definition) is 5. The Bertz CT molecular complexity index is 1930. The van der Waals surface area contributed by atoms with Crippen molar-refractivity contribution in [2.45, 2.75) is 17.0 Å². The molecule has 1 radical (unpaired) electrons. The Labute approximate surface area is 292 Å². The normalized spacial score (nSPS) is 12.2. The van der Waals surface area contributed by atoms with E-state index >= 15 is 0 Å². The number of aromatic nitrogens is 2. The average Bonchev–Trinajstić information content (AvgIpc) is 3.01. The number of hydrogen-bond acceptors (Lipinski definition) is 13. The van der Waals surface area contributed by atoms with Crippen LogP contribution in [0.2, 0.25) is 0 Å². The van der Waals surface area contributed by atoms with Gasteiger partial charge in [-0.3, -0.25) is 33.9 Å². The van der Waals surface area contributed by atoms with Crippen LogP contribution in [0, 0.1) is 0 Å². The smallest absolute Gasteiger partial charge is 0.508 e. The van der Waals surface area contributed by atoms with Crippen molar-refractivity contribution in [1.29, 1.82) is 0 Å². The van der Waals surface area contributed by atoms with E-state index in [9.17, 15) is 43.0 Å². The van der Waals surface area contributed by atoms with E-state index in [1.807, 2.05) is 0 Å². The van der Waals surface area contributed by atoms with Gasteiger partial charge >= 0.3 is 39.6 Å². The number of carbonyl (C=O) groups is 2. The van der Waals surface area contributed by atoms with Crippen LogP contribution in [0.4, 0.5) is 0 Å². The van der Waals surface area contributed by atoms with E-state index in [4.69, 9.17) is 12.6 Å². The standard InChI is InChI=1S/C30H30N4O9S.Mn.O3S/c35-25-10-2-1-7-21(25)29(23-8-3-5-13-31-23)33(18-27(37)38)15-16-34(19-28(39)40)30(24-9-4-6-14-32-24)22-17-20(44(41,42)43)11-12-26(22)36;;1-4(2)3/h1-14,17,29-30,35-36H,15-16,18-19H2,(H,37,38)(H,39,40)(H,41,42,43);;/q;+2;/t29-,30?;;/m0../s1. The molecule has 0 aliphatic rings. The molecule has 19 heteroatoms. The first-order valence-electron chi connectivity index (χ1n) is 13.8. The molecule has 2 atom stereocenters. The maximum Gasteiger partial charge on any atom is 2.00 e. The second-order valence-electron chi connectivity index (χ2n) is 10.0. The van der Waals surface area contributed by atoms with Gasteiger partial charge in [0.05, 0.1) is 41.5 Å². The van der Waals surface area contributed by atoms with Crippen molar-refractivity contribution in [2.24, 2.45) is 0 Å². The van der Waals surface area contributed by atoms with Gasteiger partial charge in [0.15, 0.2) is 0 Å². The minimum absolute atomic E-state index is 0. The molecule has 0 bridgehead atoms. The Hall–Kier alpha value is -4.75. The Balaban J connectivity index is 0.00000158. The molecule has 0 spiro atoms. The molecule has 0 saturated carbocycles. The van der Waals surface area contributed by atoms with E-state index in [1.54, 1.807) is 54.6 Å². The fourth-order valence-electron chi connectivity index (χ4n) is 5.00. The van der Waals surface area contributed by atoms with Crippen molar-refractivity contribution in [3.8, 4) is 11.5 Å². The number of benzene rings is 2. The third-order valence-corrected chi connectivity index (χ3v) is 7.69. The third-order valence-electron chi connectivity index (χ3n) is 6.84. The zero-order valence-corrected chi connectivity index (χ0v) is 28.0. The molecule has 0 saturated heterocycles. The van der Waals surface area contributed by atoms with E-state index in [0.717, 1.165) is 18.2 Å². The van der Waals surface area contributed by atoms with Crippen LogP contribution in [0.25, 0.3) is 0 Å². The second-order valence-corrected chi connectivity index (χ2v) is 11.8. The fraction of sp³-hybridized carbons (Fsp3) is 0.200. The molecule has 1 unspecified atom stereocenters. The summed E-state index contributed by atoms with van der Waals surface area (Å²) >= 11 is 0. The van der Waals surface area contributed by atoms with Crippen LogP contribution in [0.1, 0.15) is 34.6 Å². The second kappa shape index (κ2) is 18.7. The van der Waals surface area contributed by atoms with E-state index in [1.165, 1.54) is 28.3 Å². The Morgan fingerprint density at radius 1 is 0.694 bits per heavy atom. The maximum atomic E-state index is 12.1. The van der Waals surface area contributed by atoms with Crippen molar-refractivity contribution in [3.05, 3.63) is 114 Å². The minimum Gasteiger partial charge on any atom is -0.508 e. The van der Waals surface area contributed by atoms with Gasteiger partial charge in [-0.1, -0.05) is 30.3 Å². The van der Waals surface area contributed by atoms with Gasteiger partial charge in [-0.05, 0) is 48.5 Å². The molecular formula is C30H30MnN4O12S2+2. The number of aromatic hydroxyl groups is 2. The zero-order valence-electron chi connectivity index (χ0n) is 25.2. The first kappa shape index (κ1) is 40.4. The van der Waals surface area contributed by atoms with Gasteiger partial charge in [-0.2, -0.15) is 8.42 Å². The predicted octanol–water partition coefficient (Wildman–Crippen LogP) is 1.78. The van der Waals surface area contributed by atoms with Crippen LogP contribution in [-0.4, -0.2) is 104 Å². The van der Waals surface area contributed by atoms with Crippen LogP contribution in [0.5, 0.6) is 11.5 Å². The van der Waals surface area contributed by atoms with Crippen molar-refractivity contribution in [3.63, 3.8) is 0 Å². The maximum absolute atomic E-state index is 12.1. The molecule has 259 valence electrons. The summed E-state index contributed by atoms with van der Waals surface area (Å²) in [5.74, 6) is -2.93. The molecule has 49 heavy (non-hydrogen) atoms. The first-order chi connectivity index (χ1) is 22.7. The quantitative estimate of drug-likeness (QED) is 0.0908. The van der Waals surface area contributed by atoms with E-state index in [2.05, 4.69) is 9.97 Å². The van der Waals surface area contributed by atoms with Crippen LogP contribution in [-0.2, 0) is 47.4 Å². The monoisotopic (exact) mass is 757 g/mol. The Morgan fingerprint density at radius 3 is 1.53 bits per heavy atom. The number of pyridine rings is 2. The SMILES string of the molecule is O=C(O)CN(CCN(CC(=O)O)[C@H](c1ccccn1)c1ccccc1O)C(c1ccccn1)c1cc(S(=O)(=O)O)ccc1O.O=S(=O)=O.[Mn+2]. The molecule has 2 heterocycles. The van der Waals surface area contributed by atoms with Gasteiger partial charge in [0.2, 0.25) is 0 Å². The topological polar surface area (TPSA) is 253 Å². The summed E-state index contributed by atoms with van der Waals surface area (Å²) < 4.78 is 58.9. The molecule has 0 amide bonds. The van der Waals surface area contributed by atoms with E-state index < -0.39 is 62.7 Å². The molecule has 4 rings (SSSR count). The largest absolute Gasteiger partial charge is 2.00 e. The summed E-state index contributed by atoms with van der Waals surface area (Å²) in [5, 5.41) is 41.3. The summed E-state index contributed by atoms with van der Waals surface area (Å²) in [6.07, 6.45) is 2.97. The Kier molecular flexibility index (Phi) is 15.4. The molecule has 2 aromatic carbocycles. The van der Waals surface area contributed by atoms with Crippen molar-refractivity contribution in [1.82, 2.24) is 19.8 Å². The number of phenolic OH excluding ortho intramolecular Hbond substituents is 2. The summed E-state index contributed by atoms with van der Waals surface area (Å²) in [5.41, 5.74) is 1.01. The average molecular weight is 758 g/mol.